The summed E-state index contributed by atoms with van der Waals surface area (Å²) in [5.74, 6) is 0. The van der Waals surface area contributed by atoms with Crippen LogP contribution in [0.4, 0.5) is 0 Å². The highest BCUT2D eigenvalue weighted by atomic mass is 16.3. The molecular formula is C10H20NO+. The van der Waals surface area contributed by atoms with Crippen molar-refractivity contribution in [1.82, 2.24) is 0 Å². The molecule has 2 heterocycles. The third kappa shape index (κ3) is 1.27. The zero-order valence-corrected chi connectivity index (χ0v) is 8.09. The first kappa shape index (κ1) is 8.52. The molecule has 0 aromatic carbocycles. The summed E-state index contributed by atoms with van der Waals surface area (Å²) in [5.41, 5.74) is 0. The largest absolute Gasteiger partial charge is 0.393 e. The first-order valence-electron chi connectivity index (χ1n) is 5.23. The summed E-state index contributed by atoms with van der Waals surface area (Å²) in [4.78, 5) is 1.76. The van der Waals surface area contributed by atoms with Gasteiger partial charge in [0.15, 0.2) is 0 Å². The van der Waals surface area contributed by atoms with E-state index in [0.717, 1.165) is 31.0 Å². The van der Waals surface area contributed by atoms with Crippen molar-refractivity contribution in [2.24, 2.45) is 0 Å². The van der Waals surface area contributed by atoms with E-state index in [0.29, 0.717) is 0 Å². The van der Waals surface area contributed by atoms with E-state index < -0.39 is 0 Å². The lowest BCUT2D eigenvalue weighted by molar-refractivity contribution is -0.962. The van der Waals surface area contributed by atoms with Crippen LogP contribution in [0.15, 0.2) is 0 Å². The van der Waals surface area contributed by atoms with Crippen molar-refractivity contribution in [3.05, 3.63) is 0 Å². The van der Waals surface area contributed by atoms with Crippen LogP contribution in [0, 0.1) is 0 Å². The van der Waals surface area contributed by atoms with Crippen LogP contribution < -0.4 is 4.90 Å². The number of fused-ring (bicyclic) bond motifs is 2. The molecule has 2 heteroatoms. The van der Waals surface area contributed by atoms with E-state index in [1.807, 2.05) is 0 Å². The quantitative estimate of drug-likeness (QED) is 0.567. The monoisotopic (exact) mass is 170 g/mol. The van der Waals surface area contributed by atoms with Gasteiger partial charge in [-0.3, -0.25) is 0 Å². The molecule has 2 aliphatic heterocycles. The minimum absolute atomic E-state index is 0.00463. The maximum Gasteiger partial charge on any atom is 0.0906 e. The molecule has 0 aliphatic carbocycles. The molecule has 0 saturated carbocycles. The van der Waals surface area contributed by atoms with Gasteiger partial charge in [-0.2, -0.15) is 0 Å². The molecule has 2 nitrogen and oxygen atoms in total. The molecule has 2 atom stereocenters. The third-order valence-corrected chi connectivity index (χ3v) is 3.59. The van der Waals surface area contributed by atoms with Gasteiger partial charge in [0, 0.05) is 25.7 Å². The van der Waals surface area contributed by atoms with Gasteiger partial charge in [-0.25, -0.2) is 0 Å². The second-order valence-corrected chi connectivity index (χ2v) is 4.75. The zero-order valence-electron chi connectivity index (χ0n) is 8.09. The van der Waals surface area contributed by atoms with E-state index in [-0.39, 0.29) is 6.10 Å². The number of aliphatic hydroxyl groups excluding tert-OH is 1. The lowest BCUT2D eigenvalue weighted by Gasteiger charge is -2.36. The van der Waals surface area contributed by atoms with Crippen LogP contribution in [0.5, 0.6) is 0 Å². The summed E-state index contributed by atoms with van der Waals surface area (Å²) < 4.78 is 0. The van der Waals surface area contributed by atoms with Gasteiger partial charge >= 0.3 is 0 Å². The van der Waals surface area contributed by atoms with Gasteiger partial charge in [0.25, 0.3) is 0 Å². The number of hydrogen-bond acceptors (Lipinski definition) is 1. The molecule has 2 fully saturated rings. The van der Waals surface area contributed by atoms with E-state index in [1.165, 1.54) is 12.8 Å². The van der Waals surface area contributed by atoms with Crippen molar-refractivity contribution in [2.45, 2.75) is 63.8 Å². The minimum atomic E-state index is 0.00463. The van der Waals surface area contributed by atoms with Crippen molar-refractivity contribution in [3.63, 3.8) is 0 Å². The highest BCUT2D eigenvalue weighted by Gasteiger charge is 2.44. The molecular weight excluding hydrogens is 150 g/mol. The van der Waals surface area contributed by atoms with Crippen molar-refractivity contribution in [2.75, 3.05) is 0 Å². The molecule has 2 N–H and O–H groups in total. The summed E-state index contributed by atoms with van der Waals surface area (Å²) in [6.45, 7) is 4.61. The molecule has 0 aromatic heterocycles. The molecule has 0 amide bonds. The average molecular weight is 170 g/mol. The van der Waals surface area contributed by atoms with Crippen LogP contribution in [0.2, 0.25) is 0 Å². The van der Waals surface area contributed by atoms with Gasteiger partial charge in [-0.05, 0) is 13.8 Å². The van der Waals surface area contributed by atoms with Gasteiger partial charge in [0.05, 0.1) is 24.2 Å². The van der Waals surface area contributed by atoms with Crippen LogP contribution in [0.3, 0.4) is 0 Å². The number of nitrogens with one attached hydrogen (secondary N) is 1. The molecule has 70 valence electrons. The van der Waals surface area contributed by atoms with E-state index in [9.17, 15) is 5.11 Å². The summed E-state index contributed by atoms with van der Waals surface area (Å²) in [6, 6.07) is 2.27. The fourth-order valence-corrected chi connectivity index (χ4v) is 3.27. The van der Waals surface area contributed by atoms with E-state index in [2.05, 4.69) is 13.8 Å². The number of piperidine rings is 1. The van der Waals surface area contributed by atoms with Crippen molar-refractivity contribution >= 4 is 0 Å². The molecule has 0 unspecified atom stereocenters. The molecule has 12 heavy (non-hydrogen) atoms. The lowest BCUT2D eigenvalue weighted by Crippen LogP contribution is -3.20. The fourth-order valence-electron chi connectivity index (χ4n) is 3.27. The van der Waals surface area contributed by atoms with Gasteiger partial charge in [-0.15, -0.1) is 0 Å². The molecule has 2 aliphatic rings. The molecule has 2 rings (SSSR count). The van der Waals surface area contributed by atoms with Crippen molar-refractivity contribution < 1.29 is 10.0 Å². The zero-order chi connectivity index (χ0) is 8.72. The molecule has 0 aromatic rings. The predicted octanol–water partition coefficient (Wildman–Crippen LogP) is -0.0346. The maximum atomic E-state index is 9.58. The fraction of sp³-hybridized carbons (Fsp3) is 1.00. The maximum absolute atomic E-state index is 9.58. The Hall–Kier alpha value is -0.0800. The number of rotatable bonds is 1. The number of aliphatic hydroxyl groups is 1. The molecule has 0 spiro atoms. The van der Waals surface area contributed by atoms with Crippen LogP contribution in [0.25, 0.3) is 0 Å². The molecule has 2 bridgehead atoms. The summed E-state index contributed by atoms with van der Waals surface area (Å²) in [5, 5.41) is 9.58. The Balaban J connectivity index is 2.09. The van der Waals surface area contributed by atoms with E-state index >= 15 is 0 Å². The average Bonchev–Trinajstić information content (AvgIpc) is 2.24. The standard InChI is InChI=1S/C10H19NO/c1-7(2)11-8-3-4-9(11)6-10(12)5-8/h7-10,12H,3-6H2,1-2H3/p+1/t8-,9-/m1/s1. The Morgan fingerprint density at radius 3 is 2.08 bits per heavy atom. The topological polar surface area (TPSA) is 24.7 Å². The Kier molecular flexibility index (Phi) is 2.13. The van der Waals surface area contributed by atoms with Gasteiger partial charge < -0.3 is 10.0 Å². The first-order valence-corrected chi connectivity index (χ1v) is 5.23. The number of quaternary nitrogens is 1. The molecule has 2 saturated heterocycles. The van der Waals surface area contributed by atoms with Crippen LogP contribution in [-0.4, -0.2) is 29.3 Å². The third-order valence-electron chi connectivity index (χ3n) is 3.59. The van der Waals surface area contributed by atoms with E-state index in [4.69, 9.17) is 0 Å². The Bertz CT molecular complexity index is 155. The van der Waals surface area contributed by atoms with Crippen molar-refractivity contribution in [3.8, 4) is 0 Å². The van der Waals surface area contributed by atoms with Crippen molar-refractivity contribution in [1.29, 1.82) is 0 Å². The van der Waals surface area contributed by atoms with Gasteiger partial charge in [0.2, 0.25) is 0 Å². The summed E-state index contributed by atoms with van der Waals surface area (Å²) in [7, 11) is 0. The summed E-state index contributed by atoms with van der Waals surface area (Å²) in [6.07, 6.45) is 4.78. The number of hydrogen-bond donors (Lipinski definition) is 2. The normalized spacial score (nSPS) is 47.0. The van der Waals surface area contributed by atoms with E-state index in [1.54, 1.807) is 4.90 Å². The van der Waals surface area contributed by atoms with Crippen LogP contribution >= 0.6 is 0 Å². The smallest absolute Gasteiger partial charge is 0.0906 e. The predicted molar refractivity (Wildman–Crippen MR) is 48.1 cm³/mol. The Labute approximate surface area is 74.6 Å². The highest BCUT2D eigenvalue weighted by molar-refractivity contribution is 4.82. The van der Waals surface area contributed by atoms with Crippen LogP contribution in [0.1, 0.15) is 39.5 Å². The second kappa shape index (κ2) is 3.00. The SMILES string of the molecule is CC(C)[NH+]1[C@@H]2CC[C@@H]1CC(O)C2. The van der Waals surface area contributed by atoms with Crippen LogP contribution in [-0.2, 0) is 0 Å². The second-order valence-electron chi connectivity index (χ2n) is 4.75. The first-order chi connectivity index (χ1) is 5.68. The summed E-state index contributed by atoms with van der Waals surface area (Å²) >= 11 is 0. The highest BCUT2D eigenvalue weighted by Crippen LogP contribution is 2.23. The Morgan fingerprint density at radius 1 is 1.17 bits per heavy atom. The minimum Gasteiger partial charge on any atom is -0.393 e. The Morgan fingerprint density at radius 2 is 1.67 bits per heavy atom. The lowest BCUT2D eigenvalue weighted by atomic mass is 9.98. The van der Waals surface area contributed by atoms with Gasteiger partial charge in [-0.1, -0.05) is 0 Å². The van der Waals surface area contributed by atoms with Gasteiger partial charge in [0.1, 0.15) is 0 Å². The molecule has 0 radical (unpaired) electrons.